The fourth-order valence-corrected chi connectivity index (χ4v) is 4.10. The van der Waals surface area contributed by atoms with Crippen molar-refractivity contribution in [3.63, 3.8) is 0 Å². The van der Waals surface area contributed by atoms with E-state index in [0.717, 1.165) is 31.0 Å². The zero-order valence-electron chi connectivity index (χ0n) is 11.3. The lowest BCUT2D eigenvalue weighted by molar-refractivity contribution is -0.125. The zero-order valence-corrected chi connectivity index (χ0v) is 12.1. The second-order valence-electron chi connectivity index (χ2n) is 5.67. The molecule has 8 heteroatoms. The Morgan fingerprint density at radius 2 is 2.19 bits per heavy atom. The Morgan fingerprint density at radius 3 is 2.86 bits per heavy atom. The number of halogens is 3. The molecule has 116 valence electrons. The summed E-state index contributed by atoms with van der Waals surface area (Å²) in [5.41, 5.74) is 5.89. The summed E-state index contributed by atoms with van der Waals surface area (Å²) < 4.78 is 37.5. The molecule has 2 aliphatic heterocycles. The number of hydrogen-bond acceptors (Lipinski definition) is 5. The Kier molecular flexibility index (Phi) is 4.11. The van der Waals surface area contributed by atoms with Crippen LogP contribution in [0.2, 0.25) is 0 Å². The summed E-state index contributed by atoms with van der Waals surface area (Å²) in [7, 11) is 0. The number of nitrogens with two attached hydrogens (primary N) is 1. The van der Waals surface area contributed by atoms with Gasteiger partial charge in [-0.1, -0.05) is 17.8 Å². The Hall–Kier alpha value is -0.860. The smallest absolute Gasteiger partial charge is 0.328 e. The summed E-state index contributed by atoms with van der Waals surface area (Å²) in [6, 6.07) is 0.490. The lowest BCUT2D eigenvalue weighted by atomic mass is 10.0. The van der Waals surface area contributed by atoms with E-state index in [1.54, 1.807) is 6.08 Å². The van der Waals surface area contributed by atoms with Crippen molar-refractivity contribution in [3.8, 4) is 0 Å². The number of aliphatic imine (C=N–C) groups is 2. The van der Waals surface area contributed by atoms with E-state index in [0.29, 0.717) is 9.95 Å². The van der Waals surface area contributed by atoms with Crippen LogP contribution in [0.25, 0.3) is 0 Å². The molecule has 3 aliphatic rings. The second-order valence-corrected chi connectivity index (χ2v) is 6.81. The quantitative estimate of drug-likeness (QED) is 0.840. The highest BCUT2D eigenvalue weighted by molar-refractivity contribution is 8.17. The number of thioether (sulfide) groups is 1. The molecule has 2 heterocycles. The molecule has 0 radical (unpaired) electrons. The molecule has 4 nitrogen and oxygen atoms in total. The molecule has 0 amide bonds. The SMILES string of the molecule is N[C@@H]1CC[C@@H](NC2N=CN=C3SC(CC(F)(F)F)=CC32)C1. The van der Waals surface area contributed by atoms with Crippen molar-refractivity contribution >= 4 is 23.1 Å². The van der Waals surface area contributed by atoms with E-state index in [4.69, 9.17) is 5.73 Å². The van der Waals surface area contributed by atoms with Gasteiger partial charge < -0.3 is 5.73 Å². The van der Waals surface area contributed by atoms with Gasteiger partial charge in [-0.3, -0.25) is 10.3 Å². The summed E-state index contributed by atoms with van der Waals surface area (Å²) in [5, 5.41) is 4.10. The summed E-state index contributed by atoms with van der Waals surface area (Å²) in [4.78, 5) is 8.71. The third-order valence-electron chi connectivity index (χ3n) is 3.89. The van der Waals surface area contributed by atoms with Gasteiger partial charge in [0.2, 0.25) is 0 Å². The molecule has 0 saturated heterocycles. The van der Waals surface area contributed by atoms with E-state index in [1.807, 2.05) is 0 Å². The highest BCUT2D eigenvalue weighted by atomic mass is 32.2. The summed E-state index contributed by atoms with van der Waals surface area (Å²) in [6.45, 7) is 0. The predicted molar refractivity (Wildman–Crippen MR) is 78.3 cm³/mol. The first-order valence-corrected chi connectivity index (χ1v) is 7.78. The molecule has 21 heavy (non-hydrogen) atoms. The fraction of sp³-hybridized carbons (Fsp3) is 0.692. The number of alkyl halides is 3. The molecular weight excluding hydrogens is 301 g/mol. The van der Waals surface area contributed by atoms with Gasteiger partial charge in [-0.2, -0.15) is 13.2 Å². The van der Waals surface area contributed by atoms with Crippen LogP contribution in [0.3, 0.4) is 0 Å². The summed E-state index contributed by atoms with van der Waals surface area (Å²) in [5.74, 6) is -0.186. The van der Waals surface area contributed by atoms with Gasteiger partial charge in [0, 0.05) is 12.1 Å². The number of allylic oxidation sites excluding steroid dienone is 1. The molecule has 0 spiro atoms. The molecule has 0 aromatic carbocycles. The van der Waals surface area contributed by atoms with Crippen molar-refractivity contribution in [3.05, 3.63) is 11.0 Å². The molecule has 4 atom stereocenters. The van der Waals surface area contributed by atoms with Gasteiger partial charge in [0.05, 0.1) is 17.4 Å². The maximum atomic E-state index is 12.5. The lowest BCUT2D eigenvalue weighted by Crippen LogP contribution is -2.43. The molecule has 1 aliphatic carbocycles. The molecule has 0 aromatic heterocycles. The molecule has 0 bridgehead atoms. The van der Waals surface area contributed by atoms with Crippen LogP contribution in [0.5, 0.6) is 0 Å². The molecule has 0 aromatic rings. The Bertz CT molecular complexity index is 500. The first-order valence-electron chi connectivity index (χ1n) is 6.97. The van der Waals surface area contributed by atoms with Crippen molar-refractivity contribution in [2.45, 2.75) is 50.1 Å². The third-order valence-corrected chi connectivity index (χ3v) is 5.02. The number of rotatable bonds is 3. The number of hydrogen-bond donors (Lipinski definition) is 2. The van der Waals surface area contributed by atoms with Gasteiger partial charge in [0.15, 0.2) is 0 Å². The molecular formula is C13H17F3N4S. The van der Waals surface area contributed by atoms with Crippen LogP contribution in [-0.2, 0) is 0 Å². The number of nitrogens with one attached hydrogen (secondary N) is 1. The van der Waals surface area contributed by atoms with Gasteiger partial charge in [0.1, 0.15) is 12.5 Å². The Labute approximate surface area is 125 Å². The Morgan fingerprint density at radius 1 is 1.38 bits per heavy atom. The fourth-order valence-electron chi connectivity index (χ4n) is 2.95. The van der Waals surface area contributed by atoms with Gasteiger partial charge in [-0.25, -0.2) is 4.99 Å². The minimum absolute atomic E-state index is 0.186. The van der Waals surface area contributed by atoms with E-state index in [2.05, 4.69) is 15.3 Å². The third kappa shape index (κ3) is 3.67. The van der Waals surface area contributed by atoms with Crippen molar-refractivity contribution in [2.24, 2.45) is 21.6 Å². The van der Waals surface area contributed by atoms with Crippen molar-refractivity contribution in [1.82, 2.24) is 5.32 Å². The van der Waals surface area contributed by atoms with E-state index >= 15 is 0 Å². The van der Waals surface area contributed by atoms with Crippen molar-refractivity contribution < 1.29 is 13.2 Å². The van der Waals surface area contributed by atoms with E-state index < -0.39 is 12.6 Å². The molecule has 3 rings (SSSR count). The molecule has 1 fully saturated rings. The van der Waals surface area contributed by atoms with E-state index in [-0.39, 0.29) is 24.2 Å². The summed E-state index contributed by atoms with van der Waals surface area (Å²) in [6.07, 6.45) is 0.629. The topological polar surface area (TPSA) is 62.8 Å². The molecule has 3 N–H and O–H groups in total. The van der Waals surface area contributed by atoms with Gasteiger partial charge in [-0.15, -0.1) is 0 Å². The first-order chi connectivity index (χ1) is 9.90. The van der Waals surface area contributed by atoms with Gasteiger partial charge in [-0.05, 0) is 24.2 Å². The van der Waals surface area contributed by atoms with Gasteiger partial charge >= 0.3 is 6.18 Å². The second kappa shape index (κ2) is 5.73. The highest BCUT2D eigenvalue weighted by Gasteiger charge is 2.38. The summed E-state index contributed by atoms with van der Waals surface area (Å²) >= 11 is 1.12. The minimum Gasteiger partial charge on any atom is -0.328 e. The van der Waals surface area contributed by atoms with Crippen LogP contribution in [0.15, 0.2) is 21.0 Å². The highest BCUT2D eigenvalue weighted by Crippen LogP contribution is 2.41. The monoisotopic (exact) mass is 318 g/mol. The maximum absolute atomic E-state index is 12.5. The zero-order chi connectivity index (χ0) is 15.0. The maximum Gasteiger partial charge on any atom is 0.393 e. The number of nitrogens with zero attached hydrogens (tertiary/aromatic N) is 2. The van der Waals surface area contributed by atoms with Gasteiger partial charge in [0.25, 0.3) is 0 Å². The van der Waals surface area contributed by atoms with Crippen LogP contribution in [-0.4, -0.2) is 35.8 Å². The lowest BCUT2D eigenvalue weighted by Gasteiger charge is -2.25. The molecule has 2 unspecified atom stereocenters. The Balaban J connectivity index is 1.66. The number of fused-ring (bicyclic) bond motifs is 1. The average Bonchev–Trinajstić information content (AvgIpc) is 2.94. The van der Waals surface area contributed by atoms with E-state index in [1.165, 1.54) is 6.34 Å². The predicted octanol–water partition coefficient (Wildman–Crippen LogP) is 2.42. The largest absolute Gasteiger partial charge is 0.393 e. The van der Waals surface area contributed by atoms with Crippen LogP contribution < -0.4 is 11.1 Å². The normalized spacial score (nSPS) is 35.6. The van der Waals surface area contributed by atoms with Crippen LogP contribution >= 0.6 is 11.8 Å². The van der Waals surface area contributed by atoms with Crippen LogP contribution in [0.1, 0.15) is 25.7 Å². The van der Waals surface area contributed by atoms with Crippen molar-refractivity contribution in [2.75, 3.05) is 0 Å². The molecule has 1 saturated carbocycles. The van der Waals surface area contributed by atoms with Crippen molar-refractivity contribution in [1.29, 1.82) is 0 Å². The average molecular weight is 318 g/mol. The standard InChI is InChI=1S/C13H17F3N4S/c14-13(15,16)5-9-4-10-11(18-6-19-12(10)21-9)20-8-2-1-7(17)3-8/h4,6-8,10-11,20H,1-3,5,17H2/t7-,8-,10?,11?/m1/s1. The van der Waals surface area contributed by atoms with Crippen LogP contribution in [0.4, 0.5) is 13.2 Å². The van der Waals surface area contributed by atoms with E-state index in [9.17, 15) is 13.2 Å². The van der Waals surface area contributed by atoms with Crippen LogP contribution in [0, 0.1) is 5.92 Å². The first kappa shape index (κ1) is 15.1. The minimum atomic E-state index is -4.19.